The molecule has 4 atom stereocenters. The highest BCUT2D eigenvalue weighted by molar-refractivity contribution is 6.08. The van der Waals surface area contributed by atoms with Gasteiger partial charge in [-0.2, -0.15) is 5.10 Å². The van der Waals surface area contributed by atoms with Gasteiger partial charge in [-0.05, 0) is 48.4 Å². The third kappa shape index (κ3) is 2.18. The summed E-state index contributed by atoms with van der Waals surface area (Å²) in [5.74, 6) is 0.907. The average molecular weight is 325 g/mol. The molecule has 1 aromatic rings. The van der Waals surface area contributed by atoms with Gasteiger partial charge in [0.1, 0.15) is 0 Å². The number of nitrogens with zero attached hydrogens (tertiary/aromatic N) is 2. The minimum Gasteiger partial charge on any atom is -0.315 e. The zero-order valence-corrected chi connectivity index (χ0v) is 14.4. The van der Waals surface area contributed by atoms with Crippen molar-refractivity contribution < 1.29 is 9.59 Å². The van der Waals surface area contributed by atoms with Crippen LogP contribution in [0.3, 0.4) is 0 Å². The van der Waals surface area contributed by atoms with Crippen LogP contribution in [0.1, 0.15) is 50.2 Å². The molecule has 1 aromatic carbocycles. The van der Waals surface area contributed by atoms with Gasteiger partial charge in [-0.25, -0.2) is 5.43 Å². The lowest BCUT2D eigenvalue weighted by atomic mass is 9.68. The van der Waals surface area contributed by atoms with Crippen LogP contribution >= 0.6 is 0 Å². The van der Waals surface area contributed by atoms with Crippen LogP contribution in [-0.2, 0) is 9.59 Å². The highest BCUT2D eigenvalue weighted by atomic mass is 16.2. The van der Waals surface area contributed by atoms with E-state index in [1.807, 2.05) is 26.1 Å². The monoisotopic (exact) mass is 325 g/mol. The minimum absolute atomic E-state index is 0.0307. The number of benzene rings is 1. The molecule has 1 saturated carbocycles. The first-order valence-electron chi connectivity index (χ1n) is 8.76. The van der Waals surface area contributed by atoms with E-state index in [9.17, 15) is 9.59 Å². The lowest BCUT2D eigenvalue weighted by molar-refractivity contribution is -0.129. The second kappa shape index (κ2) is 5.43. The smallest absolute Gasteiger partial charge is 0.243 e. The summed E-state index contributed by atoms with van der Waals surface area (Å²) >= 11 is 0. The molecule has 4 rings (SSSR count). The van der Waals surface area contributed by atoms with Crippen LogP contribution in [0.5, 0.6) is 0 Å². The van der Waals surface area contributed by atoms with Crippen molar-refractivity contribution in [3.63, 3.8) is 0 Å². The third-order valence-corrected chi connectivity index (χ3v) is 5.92. The van der Waals surface area contributed by atoms with Gasteiger partial charge < -0.3 is 4.90 Å². The number of fused-ring (bicyclic) bond motifs is 2. The standard InChI is InChI=1S/C19H23N3O2/c1-10-8-11(2)19(24)22(3)16-7-4-12(9-15(10)16)17-13-5-6-14(13)18(23)21-20-17/h4,7,9-11,13-14H,5-6,8H2,1-3H3,(H,21,23). The van der Waals surface area contributed by atoms with E-state index in [2.05, 4.69) is 23.5 Å². The van der Waals surface area contributed by atoms with Gasteiger partial charge in [0.2, 0.25) is 11.8 Å². The fraction of sp³-hybridized carbons (Fsp3) is 0.526. The molecule has 2 amide bonds. The van der Waals surface area contributed by atoms with E-state index in [1.54, 1.807) is 4.90 Å². The van der Waals surface area contributed by atoms with E-state index in [-0.39, 0.29) is 29.6 Å². The van der Waals surface area contributed by atoms with E-state index in [0.29, 0.717) is 5.92 Å². The summed E-state index contributed by atoms with van der Waals surface area (Å²) in [5, 5.41) is 4.35. The van der Waals surface area contributed by atoms with Gasteiger partial charge in [0.25, 0.3) is 0 Å². The number of nitrogens with one attached hydrogen (secondary N) is 1. The largest absolute Gasteiger partial charge is 0.315 e. The van der Waals surface area contributed by atoms with E-state index in [1.165, 1.54) is 5.56 Å². The molecule has 1 fully saturated rings. The summed E-state index contributed by atoms with van der Waals surface area (Å²) in [4.78, 5) is 26.0. The maximum absolute atomic E-state index is 12.4. The maximum Gasteiger partial charge on any atom is 0.243 e. The SMILES string of the molecule is CC1CC(C)c2cc(C3=NNC(=O)C4CCC34)ccc2N(C)C1=O. The van der Waals surface area contributed by atoms with E-state index < -0.39 is 0 Å². The molecular weight excluding hydrogens is 302 g/mol. The molecule has 0 saturated heterocycles. The van der Waals surface area contributed by atoms with E-state index >= 15 is 0 Å². The van der Waals surface area contributed by atoms with E-state index in [0.717, 1.165) is 36.2 Å². The quantitative estimate of drug-likeness (QED) is 0.863. The van der Waals surface area contributed by atoms with Crippen molar-refractivity contribution in [2.45, 2.75) is 39.0 Å². The molecule has 0 spiro atoms. The topological polar surface area (TPSA) is 61.8 Å². The van der Waals surface area contributed by atoms with Crippen molar-refractivity contribution in [3.8, 4) is 0 Å². The van der Waals surface area contributed by atoms with Crippen molar-refractivity contribution in [3.05, 3.63) is 29.3 Å². The van der Waals surface area contributed by atoms with Crippen LogP contribution in [0.2, 0.25) is 0 Å². The van der Waals surface area contributed by atoms with Gasteiger partial charge >= 0.3 is 0 Å². The molecule has 24 heavy (non-hydrogen) atoms. The first-order chi connectivity index (χ1) is 11.5. The highest BCUT2D eigenvalue weighted by Crippen LogP contribution is 2.41. The van der Waals surface area contributed by atoms with Crippen molar-refractivity contribution in [1.82, 2.24) is 5.43 Å². The van der Waals surface area contributed by atoms with Crippen molar-refractivity contribution in [2.24, 2.45) is 22.9 Å². The Hall–Kier alpha value is -2.17. The van der Waals surface area contributed by atoms with Crippen LogP contribution in [0.15, 0.2) is 23.3 Å². The molecule has 5 heteroatoms. The fourth-order valence-corrected chi connectivity index (χ4v) is 4.32. The second-order valence-electron chi connectivity index (χ2n) is 7.47. The number of carbonyl (C=O) groups is 2. The number of hydrogen-bond acceptors (Lipinski definition) is 3. The van der Waals surface area contributed by atoms with Crippen LogP contribution in [0.4, 0.5) is 5.69 Å². The minimum atomic E-state index is 0.0307. The molecule has 0 radical (unpaired) electrons. The Morgan fingerprint density at radius 2 is 1.88 bits per heavy atom. The molecular formula is C19H23N3O2. The Morgan fingerprint density at radius 3 is 2.58 bits per heavy atom. The molecule has 1 N–H and O–H groups in total. The Balaban J connectivity index is 1.75. The number of carbonyl (C=O) groups excluding carboxylic acids is 2. The van der Waals surface area contributed by atoms with Crippen LogP contribution in [-0.4, -0.2) is 24.6 Å². The lowest BCUT2D eigenvalue weighted by Crippen LogP contribution is -2.47. The normalized spacial score (nSPS) is 32.1. The van der Waals surface area contributed by atoms with E-state index in [4.69, 9.17) is 0 Å². The lowest BCUT2D eigenvalue weighted by Gasteiger charge is -2.39. The number of hydrazone groups is 1. The summed E-state index contributed by atoms with van der Waals surface area (Å²) in [6, 6.07) is 6.24. The number of anilines is 1. The molecule has 4 unspecified atom stereocenters. The Labute approximate surface area is 142 Å². The van der Waals surface area contributed by atoms with Gasteiger partial charge in [0, 0.05) is 30.5 Å². The van der Waals surface area contributed by atoms with Crippen LogP contribution in [0.25, 0.3) is 0 Å². The fourth-order valence-electron chi connectivity index (χ4n) is 4.32. The molecule has 2 aliphatic heterocycles. The summed E-state index contributed by atoms with van der Waals surface area (Å²) in [6.45, 7) is 4.18. The summed E-state index contributed by atoms with van der Waals surface area (Å²) in [6.07, 6.45) is 2.83. The van der Waals surface area contributed by atoms with Crippen molar-refractivity contribution >= 4 is 23.2 Å². The van der Waals surface area contributed by atoms with Gasteiger partial charge in [0.05, 0.1) is 5.71 Å². The first-order valence-corrected chi connectivity index (χ1v) is 8.76. The molecule has 126 valence electrons. The number of rotatable bonds is 1. The Kier molecular flexibility index (Phi) is 3.48. The number of amides is 2. The third-order valence-electron chi connectivity index (χ3n) is 5.92. The zero-order chi connectivity index (χ0) is 17.0. The molecule has 3 aliphatic rings. The second-order valence-corrected chi connectivity index (χ2v) is 7.47. The van der Waals surface area contributed by atoms with Crippen molar-refractivity contribution in [2.75, 3.05) is 11.9 Å². The maximum atomic E-state index is 12.4. The summed E-state index contributed by atoms with van der Waals surface area (Å²) < 4.78 is 0. The summed E-state index contributed by atoms with van der Waals surface area (Å²) in [5.41, 5.74) is 6.93. The first kappa shape index (κ1) is 15.4. The van der Waals surface area contributed by atoms with Crippen LogP contribution in [0, 0.1) is 17.8 Å². The van der Waals surface area contributed by atoms with Gasteiger partial charge in [0.15, 0.2) is 0 Å². The molecule has 0 bridgehead atoms. The molecule has 1 aliphatic carbocycles. The van der Waals surface area contributed by atoms with Crippen molar-refractivity contribution in [1.29, 1.82) is 0 Å². The molecule has 0 aromatic heterocycles. The van der Waals surface area contributed by atoms with Gasteiger partial charge in [-0.1, -0.05) is 19.9 Å². The summed E-state index contributed by atoms with van der Waals surface area (Å²) in [7, 11) is 1.86. The number of hydrogen-bond donors (Lipinski definition) is 1. The molecule has 2 heterocycles. The highest BCUT2D eigenvalue weighted by Gasteiger charge is 2.43. The Morgan fingerprint density at radius 1 is 1.12 bits per heavy atom. The van der Waals surface area contributed by atoms with Crippen LogP contribution < -0.4 is 10.3 Å². The predicted molar refractivity (Wildman–Crippen MR) is 92.9 cm³/mol. The predicted octanol–water partition coefficient (Wildman–Crippen LogP) is 2.65. The zero-order valence-electron chi connectivity index (χ0n) is 14.4. The molecule has 5 nitrogen and oxygen atoms in total. The van der Waals surface area contributed by atoms with Gasteiger partial charge in [-0.15, -0.1) is 0 Å². The average Bonchev–Trinajstić information content (AvgIpc) is 2.60. The van der Waals surface area contributed by atoms with Gasteiger partial charge in [-0.3, -0.25) is 9.59 Å². The Bertz CT molecular complexity index is 755.